The maximum Gasteiger partial charge on any atom is 0.185 e. The zero-order valence-electron chi connectivity index (χ0n) is 15.8. The molecule has 0 amide bonds. The fourth-order valence-electron chi connectivity index (χ4n) is 2.74. The minimum Gasteiger partial charge on any atom is -0.395 e. The predicted molar refractivity (Wildman–Crippen MR) is 114 cm³/mol. The van der Waals surface area contributed by atoms with E-state index in [0.29, 0.717) is 13.1 Å². The van der Waals surface area contributed by atoms with Crippen molar-refractivity contribution >= 4 is 28.6 Å². The first kappa shape index (κ1) is 21.3. The van der Waals surface area contributed by atoms with Crippen molar-refractivity contribution in [3.8, 4) is 0 Å². The minimum atomic E-state index is 0.0621. The van der Waals surface area contributed by atoms with E-state index >= 15 is 0 Å². The number of aliphatic hydroxyl groups excluding tert-OH is 2. The van der Waals surface area contributed by atoms with Gasteiger partial charge in [-0.25, -0.2) is 0 Å². The lowest BCUT2D eigenvalue weighted by Gasteiger charge is -2.23. The van der Waals surface area contributed by atoms with Crippen molar-refractivity contribution < 1.29 is 15.0 Å². The van der Waals surface area contributed by atoms with E-state index in [1.807, 2.05) is 29.2 Å². The number of hydrogen-bond acceptors (Lipinski definition) is 6. The monoisotopic (exact) mass is 388 g/mol. The highest BCUT2D eigenvalue weighted by Gasteiger charge is 2.05. The number of carbonyl (C=O) groups is 1. The summed E-state index contributed by atoms with van der Waals surface area (Å²) in [4.78, 5) is 15.1. The van der Waals surface area contributed by atoms with Crippen molar-refractivity contribution in [1.82, 2.24) is 4.90 Å². The van der Waals surface area contributed by atoms with E-state index < -0.39 is 0 Å². The summed E-state index contributed by atoms with van der Waals surface area (Å²) in [6.45, 7) is 4.46. The first-order chi connectivity index (χ1) is 13.1. The van der Waals surface area contributed by atoms with Gasteiger partial charge in [-0.3, -0.25) is 4.79 Å². The second-order valence-electron chi connectivity index (χ2n) is 6.21. The smallest absolute Gasteiger partial charge is 0.185 e. The zero-order chi connectivity index (χ0) is 19.5. The van der Waals surface area contributed by atoms with Crippen LogP contribution in [0.15, 0.2) is 54.3 Å². The summed E-state index contributed by atoms with van der Waals surface area (Å²) < 4.78 is 0. The Kier molecular flexibility index (Phi) is 9.18. The Balaban J connectivity index is 1.86. The normalized spacial score (nSPS) is 13.9. The van der Waals surface area contributed by atoms with Crippen molar-refractivity contribution in [2.45, 2.75) is 6.92 Å². The first-order valence-electron chi connectivity index (χ1n) is 9.13. The van der Waals surface area contributed by atoms with Crippen LogP contribution in [0.2, 0.25) is 0 Å². The molecule has 146 valence electrons. The van der Waals surface area contributed by atoms with E-state index in [0.717, 1.165) is 35.7 Å². The Hall–Kier alpha value is -2.02. The van der Waals surface area contributed by atoms with E-state index in [1.165, 1.54) is 11.8 Å². The second kappa shape index (κ2) is 11.6. The van der Waals surface area contributed by atoms with E-state index in [4.69, 9.17) is 10.2 Å². The number of carbonyl (C=O) groups excluding carboxylic acids is 1. The van der Waals surface area contributed by atoms with Gasteiger partial charge in [0, 0.05) is 44.5 Å². The van der Waals surface area contributed by atoms with Crippen LogP contribution in [0.25, 0.3) is 6.08 Å². The van der Waals surface area contributed by atoms with Crippen LogP contribution in [0.4, 0.5) is 5.69 Å². The van der Waals surface area contributed by atoms with Gasteiger partial charge in [-0.1, -0.05) is 42.1 Å². The van der Waals surface area contributed by atoms with Gasteiger partial charge >= 0.3 is 0 Å². The Bertz CT molecular complexity index is 677. The number of anilines is 1. The summed E-state index contributed by atoms with van der Waals surface area (Å²) in [5, 5.41) is 18.4. The summed E-state index contributed by atoms with van der Waals surface area (Å²) >= 11 is 1.36. The molecule has 1 aliphatic heterocycles. The lowest BCUT2D eigenvalue weighted by atomic mass is 10.1. The molecule has 2 N–H and O–H groups in total. The van der Waals surface area contributed by atoms with Gasteiger partial charge in [0.05, 0.1) is 13.2 Å². The van der Waals surface area contributed by atoms with Gasteiger partial charge in [0.2, 0.25) is 0 Å². The van der Waals surface area contributed by atoms with Gasteiger partial charge in [0.15, 0.2) is 5.12 Å². The molecule has 0 aromatic heterocycles. The van der Waals surface area contributed by atoms with Crippen molar-refractivity contribution in [3.63, 3.8) is 0 Å². The van der Waals surface area contributed by atoms with Crippen molar-refractivity contribution in [2.75, 3.05) is 50.0 Å². The van der Waals surface area contributed by atoms with E-state index in [9.17, 15) is 4.79 Å². The molecule has 1 aliphatic rings. The molecular weight excluding hydrogens is 360 g/mol. The molecule has 0 saturated heterocycles. The van der Waals surface area contributed by atoms with Gasteiger partial charge in [0.1, 0.15) is 0 Å². The van der Waals surface area contributed by atoms with Crippen LogP contribution in [0, 0.1) is 0 Å². The average molecular weight is 389 g/mol. The molecule has 0 atom stereocenters. The van der Waals surface area contributed by atoms with Crippen LogP contribution in [-0.4, -0.2) is 65.4 Å². The maximum absolute atomic E-state index is 11.0. The molecule has 0 unspecified atom stereocenters. The number of thioether (sulfide) groups is 1. The largest absolute Gasteiger partial charge is 0.395 e. The maximum atomic E-state index is 11.0. The van der Waals surface area contributed by atoms with Gasteiger partial charge in [0.25, 0.3) is 0 Å². The first-order valence-corrected chi connectivity index (χ1v) is 10.1. The number of aliphatic hydroxyl groups is 2. The zero-order valence-corrected chi connectivity index (χ0v) is 16.6. The third-order valence-electron chi connectivity index (χ3n) is 4.19. The molecule has 0 fully saturated rings. The average Bonchev–Trinajstić information content (AvgIpc) is 2.67. The van der Waals surface area contributed by atoms with E-state index in [2.05, 4.69) is 35.4 Å². The number of benzene rings is 1. The molecule has 0 saturated carbocycles. The van der Waals surface area contributed by atoms with Crippen LogP contribution in [-0.2, 0) is 4.79 Å². The summed E-state index contributed by atoms with van der Waals surface area (Å²) in [6.07, 6.45) is 10.5. The fourth-order valence-corrected chi connectivity index (χ4v) is 3.35. The highest BCUT2D eigenvalue weighted by molar-refractivity contribution is 8.13. The molecule has 2 rings (SSSR count). The molecule has 0 spiro atoms. The molecule has 5 nitrogen and oxygen atoms in total. The van der Waals surface area contributed by atoms with Crippen LogP contribution in [0.5, 0.6) is 0 Å². The summed E-state index contributed by atoms with van der Waals surface area (Å²) in [6, 6.07) is 8.08. The SMILES string of the molecule is CC(=O)SCCN1C=CC(/C=C/c2ccc(N(CCO)CCO)cc2)=CC1. The molecular formula is C21H28N2O3S. The summed E-state index contributed by atoms with van der Waals surface area (Å²) in [7, 11) is 0. The van der Waals surface area contributed by atoms with Crippen LogP contribution in [0.3, 0.4) is 0 Å². The van der Waals surface area contributed by atoms with Gasteiger partial charge in [-0.15, -0.1) is 0 Å². The molecule has 27 heavy (non-hydrogen) atoms. The summed E-state index contributed by atoms with van der Waals surface area (Å²) in [5.41, 5.74) is 3.25. The third kappa shape index (κ3) is 7.62. The van der Waals surface area contributed by atoms with Gasteiger partial charge in [-0.05, 0) is 35.5 Å². The van der Waals surface area contributed by atoms with Crippen LogP contribution in [0.1, 0.15) is 12.5 Å². The van der Waals surface area contributed by atoms with Gasteiger partial charge < -0.3 is 20.0 Å². The Morgan fingerprint density at radius 1 is 1.19 bits per heavy atom. The van der Waals surface area contributed by atoms with Crippen molar-refractivity contribution in [2.24, 2.45) is 0 Å². The molecule has 0 bridgehead atoms. The summed E-state index contributed by atoms with van der Waals surface area (Å²) in [5.74, 6) is 0.814. The molecule has 0 radical (unpaired) electrons. The van der Waals surface area contributed by atoms with Crippen LogP contribution >= 0.6 is 11.8 Å². The Morgan fingerprint density at radius 3 is 2.44 bits per heavy atom. The lowest BCUT2D eigenvalue weighted by molar-refractivity contribution is -0.109. The van der Waals surface area contributed by atoms with Crippen molar-refractivity contribution in [3.05, 3.63) is 59.8 Å². The molecule has 1 aromatic carbocycles. The van der Waals surface area contributed by atoms with Crippen LogP contribution < -0.4 is 4.90 Å². The van der Waals surface area contributed by atoms with Crippen molar-refractivity contribution in [1.29, 1.82) is 0 Å². The number of nitrogens with zero attached hydrogens (tertiary/aromatic N) is 2. The standard InChI is InChI=1S/C21H28N2O3S/c1-18(26)27-17-14-22-10-8-20(9-11-22)3-2-19-4-6-21(7-5-19)23(12-15-24)13-16-25/h2-10,24-25H,11-17H2,1H3/b3-2+. The number of rotatable bonds is 10. The Morgan fingerprint density at radius 2 is 1.89 bits per heavy atom. The number of hydrogen-bond donors (Lipinski definition) is 2. The molecule has 0 aliphatic carbocycles. The number of allylic oxidation sites excluding steroid dienone is 3. The second-order valence-corrected chi connectivity index (χ2v) is 7.49. The third-order valence-corrected chi connectivity index (χ3v) is 4.98. The van der Waals surface area contributed by atoms with Gasteiger partial charge in [-0.2, -0.15) is 0 Å². The topological polar surface area (TPSA) is 64.0 Å². The minimum absolute atomic E-state index is 0.0621. The quantitative estimate of drug-likeness (QED) is 0.642. The lowest BCUT2D eigenvalue weighted by Crippen LogP contribution is -2.29. The predicted octanol–water partition coefficient (Wildman–Crippen LogP) is 2.53. The highest BCUT2D eigenvalue weighted by atomic mass is 32.2. The molecule has 6 heteroatoms. The van der Waals surface area contributed by atoms with E-state index in [-0.39, 0.29) is 18.3 Å². The molecule has 1 heterocycles. The highest BCUT2D eigenvalue weighted by Crippen LogP contribution is 2.17. The Labute approximate surface area is 165 Å². The fraction of sp³-hybridized carbons (Fsp3) is 0.381. The van der Waals surface area contributed by atoms with E-state index in [1.54, 1.807) is 6.92 Å². The molecule has 1 aromatic rings.